The number of ketones is 1. The first-order valence-electron chi connectivity index (χ1n) is 6.87. The second-order valence-corrected chi connectivity index (χ2v) is 4.94. The highest BCUT2D eigenvalue weighted by molar-refractivity contribution is 5.79. The Morgan fingerprint density at radius 1 is 1.37 bits per heavy atom. The smallest absolute Gasteiger partial charge is 0.167 e. The Bertz CT molecular complexity index is 438. The molecule has 1 N–H and O–H groups in total. The van der Waals surface area contributed by atoms with Gasteiger partial charge in [0.05, 0.1) is 6.61 Å². The predicted molar refractivity (Wildman–Crippen MR) is 73.0 cm³/mol. The van der Waals surface area contributed by atoms with Gasteiger partial charge in [-0.05, 0) is 37.8 Å². The predicted octanol–water partition coefficient (Wildman–Crippen LogP) is 3.40. The Labute approximate surface area is 113 Å². The lowest BCUT2D eigenvalue weighted by Gasteiger charge is -2.21. The average Bonchev–Trinajstić information content (AvgIpc) is 2.41. The Kier molecular flexibility index (Phi) is 4.77. The fraction of sp³-hybridized carbons (Fsp3) is 0.533. The summed E-state index contributed by atoms with van der Waals surface area (Å²) < 4.78 is 18.8. The summed E-state index contributed by atoms with van der Waals surface area (Å²) >= 11 is 0. The molecule has 0 atom stereocenters. The van der Waals surface area contributed by atoms with E-state index in [-0.39, 0.29) is 11.6 Å². The van der Waals surface area contributed by atoms with E-state index in [1.165, 1.54) is 6.07 Å². The number of halogens is 1. The molecular formula is C15H20FNO2. The lowest BCUT2D eigenvalue weighted by Crippen LogP contribution is -2.21. The van der Waals surface area contributed by atoms with Crippen molar-refractivity contribution in [2.45, 2.75) is 32.6 Å². The van der Waals surface area contributed by atoms with Crippen molar-refractivity contribution >= 4 is 11.5 Å². The van der Waals surface area contributed by atoms with Crippen LogP contribution in [0.2, 0.25) is 0 Å². The monoisotopic (exact) mass is 265 g/mol. The molecule has 0 spiro atoms. The minimum atomic E-state index is -0.342. The molecule has 104 valence electrons. The molecule has 1 saturated carbocycles. The van der Waals surface area contributed by atoms with E-state index in [0.29, 0.717) is 31.1 Å². The van der Waals surface area contributed by atoms with Crippen LogP contribution in [0.3, 0.4) is 0 Å². The molecule has 0 amide bonds. The Balaban J connectivity index is 1.86. The molecule has 0 heterocycles. The number of Topliss-reactive ketones (excluding diaryl/α,β-unsaturated/α-hetero) is 1. The van der Waals surface area contributed by atoms with Crippen LogP contribution >= 0.6 is 0 Å². The molecule has 0 aromatic heterocycles. The number of ether oxygens (including phenoxy) is 1. The minimum absolute atomic E-state index is 0.288. The van der Waals surface area contributed by atoms with Crippen molar-refractivity contribution in [3.8, 4) is 5.75 Å². The average molecular weight is 265 g/mol. The number of anilines is 1. The molecule has 0 radical (unpaired) electrons. The number of hydrogen-bond acceptors (Lipinski definition) is 3. The molecule has 1 aromatic carbocycles. The van der Waals surface area contributed by atoms with E-state index in [1.54, 1.807) is 6.07 Å². The molecule has 1 aliphatic carbocycles. The Morgan fingerprint density at radius 3 is 2.74 bits per heavy atom. The third-order valence-corrected chi connectivity index (χ3v) is 3.49. The summed E-state index contributed by atoms with van der Waals surface area (Å²) in [5.74, 6) is 0.817. The van der Waals surface area contributed by atoms with Crippen LogP contribution in [0.15, 0.2) is 18.2 Å². The summed E-state index contributed by atoms with van der Waals surface area (Å²) in [7, 11) is 0. The van der Waals surface area contributed by atoms with Gasteiger partial charge in [0, 0.05) is 31.1 Å². The Hall–Kier alpha value is -1.58. The molecule has 0 unspecified atom stereocenters. The van der Waals surface area contributed by atoms with E-state index in [4.69, 9.17) is 4.74 Å². The van der Waals surface area contributed by atoms with Gasteiger partial charge in [0.15, 0.2) is 11.6 Å². The third-order valence-electron chi connectivity index (χ3n) is 3.49. The third kappa shape index (κ3) is 3.94. The molecule has 4 heteroatoms. The van der Waals surface area contributed by atoms with Crippen LogP contribution in [0.1, 0.15) is 32.6 Å². The van der Waals surface area contributed by atoms with Crippen LogP contribution in [-0.4, -0.2) is 18.9 Å². The van der Waals surface area contributed by atoms with E-state index in [2.05, 4.69) is 5.32 Å². The van der Waals surface area contributed by atoms with E-state index in [0.717, 1.165) is 25.1 Å². The number of rotatable bonds is 5. The van der Waals surface area contributed by atoms with Crippen molar-refractivity contribution in [1.82, 2.24) is 0 Å². The zero-order valence-electron chi connectivity index (χ0n) is 11.2. The zero-order chi connectivity index (χ0) is 13.7. The molecule has 1 fully saturated rings. The molecular weight excluding hydrogens is 245 g/mol. The van der Waals surface area contributed by atoms with Gasteiger partial charge < -0.3 is 10.1 Å². The maximum Gasteiger partial charge on any atom is 0.167 e. The van der Waals surface area contributed by atoms with Crippen molar-refractivity contribution in [2.75, 3.05) is 18.5 Å². The van der Waals surface area contributed by atoms with Gasteiger partial charge in [-0.25, -0.2) is 4.39 Å². The van der Waals surface area contributed by atoms with Crippen LogP contribution in [0.4, 0.5) is 10.1 Å². The van der Waals surface area contributed by atoms with Crippen LogP contribution in [0, 0.1) is 11.7 Å². The summed E-state index contributed by atoms with van der Waals surface area (Å²) in [4.78, 5) is 11.1. The van der Waals surface area contributed by atoms with Crippen molar-refractivity contribution in [1.29, 1.82) is 0 Å². The first kappa shape index (κ1) is 13.8. The highest BCUT2D eigenvalue weighted by Crippen LogP contribution is 2.24. The fourth-order valence-electron chi connectivity index (χ4n) is 2.35. The van der Waals surface area contributed by atoms with Gasteiger partial charge in [-0.15, -0.1) is 0 Å². The van der Waals surface area contributed by atoms with Crippen LogP contribution in [0.25, 0.3) is 0 Å². The van der Waals surface area contributed by atoms with E-state index < -0.39 is 0 Å². The number of carbonyl (C=O) groups excluding carboxylic acids is 1. The topological polar surface area (TPSA) is 38.3 Å². The molecule has 3 nitrogen and oxygen atoms in total. The lowest BCUT2D eigenvalue weighted by atomic mass is 9.88. The van der Waals surface area contributed by atoms with Gasteiger partial charge in [-0.3, -0.25) is 4.79 Å². The van der Waals surface area contributed by atoms with Gasteiger partial charge >= 0.3 is 0 Å². The quantitative estimate of drug-likeness (QED) is 0.886. The number of nitrogens with one attached hydrogen (secondary N) is 1. The molecule has 0 saturated heterocycles. The van der Waals surface area contributed by atoms with E-state index in [1.807, 2.05) is 13.0 Å². The minimum Gasteiger partial charge on any atom is -0.491 e. The van der Waals surface area contributed by atoms with Crippen LogP contribution in [0.5, 0.6) is 5.75 Å². The standard InChI is InChI=1S/C15H20FNO2/c1-2-19-15-8-5-12(9-14(15)16)17-10-11-3-6-13(18)7-4-11/h5,8-9,11,17H,2-4,6-7,10H2,1H3. The summed E-state index contributed by atoms with van der Waals surface area (Å²) in [6, 6.07) is 4.92. The van der Waals surface area contributed by atoms with Crippen molar-refractivity contribution in [3.05, 3.63) is 24.0 Å². The van der Waals surface area contributed by atoms with Gasteiger partial charge in [-0.1, -0.05) is 0 Å². The molecule has 2 rings (SSSR count). The number of benzene rings is 1. The highest BCUT2D eigenvalue weighted by atomic mass is 19.1. The second kappa shape index (κ2) is 6.55. The van der Waals surface area contributed by atoms with E-state index >= 15 is 0 Å². The van der Waals surface area contributed by atoms with Crippen LogP contribution in [-0.2, 0) is 4.79 Å². The van der Waals surface area contributed by atoms with Crippen molar-refractivity contribution < 1.29 is 13.9 Å². The summed E-state index contributed by atoms with van der Waals surface area (Å²) in [5, 5.41) is 3.23. The van der Waals surface area contributed by atoms with Gasteiger partial charge in [-0.2, -0.15) is 0 Å². The van der Waals surface area contributed by atoms with Crippen molar-refractivity contribution in [3.63, 3.8) is 0 Å². The number of carbonyl (C=O) groups is 1. The normalized spacial score (nSPS) is 16.4. The summed E-state index contributed by atoms with van der Waals surface area (Å²) in [6.07, 6.45) is 3.24. The Morgan fingerprint density at radius 2 is 2.11 bits per heavy atom. The molecule has 1 aromatic rings. The first-order valence-corrected chi connectivity index (χ1v) is 6.87. The lowest BCUT2D eigenvalue weighted by molar-refractivity contribution is -0.120. The van der Waals surface area contributed by atoms with Crippen molar-refractivity contribution in [2.24, 2.45) is 5.92 Å². The van der Waals surface area contributed by atoms with Gasteiger partial charge in [0.1, 0.15) is 5.78 Å². The SMILES string of the molecule is CCOc1ccc(NCC2CCC(=O)CC2)cc1F. The molecule has 19 heavy (non-hydrogen) atoms. The number of hydrogen-bond donors (Lipinski definition) is 1. The first-order chi connectivity index (χ1) is 9.19. The maximum atomic E-state index is 13.6. The van der Waals surface area contributed by atoms with Gasteiger partial charge in [0.2, 0.25) is 0 Å². The largest absolute Gasteiger partial charge is 0.491 e. The highest BCUT2D eigenvalue weighted by Gasteiger charge is 2.18. The molecule has 0 aliphatic heterocycles. The fourth-order valence-corrected chi connectivity index (χ4v) is 2.35. The zero-order valence-corrected chi connectivity index (χ0v) is 11.2. The van der Waals surface area contributed by atoms with Crippen LogP contribution < -0.4 is 10.1 Å². The van der Waals surface area contributed by atoms with E-state index in [9.17, 15) is 9.18 Å². The maximum absolute atomic E-state index is 13.6. The summed E-state index contributed by atoms with van der Waals surface area (Å²) in [6.45, 7) is 3.08. The van der Waals surface area contributed by atoms with Gasteiger partial charge in [0.25, 0.3) is 0 Å². The summed E-state index contributed by atoms with van der Waals surface area (Å²) in [5.41, 5.74) is 0.762. The molecule has 0 bridgehead atoms. The molecule has 1 aliphatic rings. The second-order valence-electron chi connectivity index (χ2n) is 4.94.